The molecule has 1 heterocycles. The predicted molar refractivity (Wildman–Crippen MR) is 109 cm³/mol. The van der Waals surface area contributed by atoms with Crippen molar-refractivity contribution in [1.29, 1.82) is 5.26 Å². The molecule has 0 radical (unpaired) electrons. The minimum absolute atomic E-state index is 0.00927. The van der Waals surface area contributed by atoms with Crippen molar-refractivity contribution in [3.05, 3.63) is 99.9 Å². The molecule has 144 valence electrons. The molecule has 0 aliphatic heterocycles. The summed E-state index contributed by atoms with van der Waals surface area (Å²) in [4.78, 5) is 22.9. The molecule has 0 aliphatic carbocycles. The first-order valence-corrected chi connectivity index (χ1v) is 8.89. The fraction of sp³-hybridized carbons (Fsp3) is 0.0909. The van der Waals surface area contributed by atoms with E-state index >= 15 is 0 Å². The van der Waals surface area contributed by atoms with Crippen molar-refractivity contribution in [2.24, 2.45) is 0 Å². The maximum atomic E-state index is 12.6. The number of hydrogen-bond acceptors (Lipinski definition) is 4. The second-order valence-corrected chi connectivity index (χ2v) is 6.35. The third-order valence-corrected chi connectivity index (χ3v) is 4.42. The Morgan fingerprint density at radius 3 is 2.45 bits per heavy atom. The van der Waals surface area contributed by atoms with Crippen LogP contribution in [-0.2, 0) is 4.79 Å². The molecule has 0 saturated heterocycles. The van der Waals surface area contributed by atoms with Gasteiger partial charge < -0.3 is 9.88 Å². The number of benzene rings is 2. The van der Waals surface area contributed by atoms with Gasteiger partial charge >= 0.3 is 0 Å². The van der Waals surface area contributed by atoms with Crippen LogP contribution in [0.1, 0.15) is 24.2 Å². The summed E-state index contributed by atoms with van der Waals surface area (Å²) in [6.45, 7) is 1.85. The highest BCUT2D eigenvalue weighted by Gasteiger charge is 2.15. The highest BCUT2D eigenvalue weighted by Crippen LogP contribution is 2.19. The molecule has 0 fully saturated rings. The zero-order valence-electron chi connectivity index (χ0n) is 15.6. The van der Waals surface area contributed by atoms with E-state index < -0.39 is 10.8 Å². The number of nitriles is 1. The van der Waals surface area contributed by atoms with Crippen LogP contribution in [0.25, 0.3) is 11.8 Å². The first kappa shape index (κ1) is 19.6. The molecule has 0 spiro atoms. The average Bonchev–Trinajstić information content (AvgIpc) is 3.20. The van der Waals surface area contributed by atoms with E-state index in [1.54, 1.807) is 35.0 Å². The summed E-state index contributed by atoms with van der Waals surface area (Å²) in [7, 11) is 0. The largest absolute Gasteiger partial charge is 0.345 e. The Hall–Kier alpha value is -4.18. The van der Waals surface area contributed by atoms with Crippen LogP contribution in [0.5, 0.6) is 0 Å². The van der Waals surface area contributed by atoms with Crippen molar-refractivity contribution in [2.45, 2.75) is 13.0 Å². The summed E-state index contributed by atoms with van der Waals surface area (Å²) >= 11 is 0. The van der Waals surface area contributed by atoms with Gasteiger partial charge in [0.1, 0.15) is 11.6 Å². The van der Waals surface area contributed by atoms with Gasteiger partial charge in [-0.3, -0.25) is 14.9 Å². The minimum Gasteiger partial charge on any atom is -0.345 e. The van der Waals surface area contributed by atoms with E-state index in [2.05, 4.69) is 5.32 Å². The summed E-state index contributed by atoms with van der Waals surface area (Å²) in [5.74, 6) is -0.472. The predicted octanol–water partition coefficient (Wildman–Crippen LogP) is 4.17. The zero-order valence-corrected chi connectivity index (χ0v) is 15.6. The quantitative estimate of drug-likeness (QED) is 0.297. The van der Waals surface area contributed by atoms with Crippen molar-refractivity contribution in [3.63, 3.8) is 0 Å². The van der Waals surface area contributed by atoms with E-state index in [-0.39, 0.29) is 17.3 Å². The van der Waals surface area contributed by atoms with Crippen LogP contribution in [-0.4, -0.2) is 15.4 Å². The lowest BCUT2D eigenvalue weighted by molar-refractivity contribution is -0.384. The topological polar surface area (TPSA) is 101 Å². The maximum Gasteiger partial charge on any atom is 0.269 e. The molecule has 3 aromatic rings. The SMILES string of the molecule is CC(NC(=O)/C(C#N)=C/c1cccn1-c1ccc([N+](=O)[O-])cc1)c1ccccc1. The van der Waals surface area contributed by atoms with Gasteiger partial charge in [-0.15, -0.1) is 0 Å². The van der Waals surface area contributed by atoms with Gasteiger partial charge in [0.25, 0.3) is 11.6 Å². The van der Waals surface area contributed by atoms with Gasteiger partial charge in [-0.05, 0) is 42.8 Å². The van der Waals surface area contributed by atoms with Gasteiger partial charge in [0, 0.05) is 29.7 Å². The molecule has 29 heavy (non-hydrogen) atoms. The summed E-state index contributed by atoms with van der Waals surface area (Å²) in [5.41, 5.74) is 2.19. The number of non-ortho nitro benzene ring substituents is 1. The van der Waals surface area contributed by atoms with Crippen LogP contribution in [0.15, 0.2) is 78.5 Å². The number of nitro groups is 1. The normalized spacial score (nSPS) is 12.1. The number of nitrogens with one attached hydrogen (secondary N) is 1. The molecule has 2 aromatic carbocycles. The van der Waals surface area contributed by atoms with Crippen molar-refractivity contribution >= 4 is 17.7 Å². The summed E-state index contributed by atoms with van der Waals surface area (Å²) < 4.78 is 1.75. The lowest BCUT2D eigenvalue weighted by Gasteiger charge is -2.14. The molecule has 7 nitrogen and oxygen atoms in total. The number of nitro benzene ring substituents is 1. The smallest absolute Gasteiger partial charge is 0.269 e. The lowest BCUT2D eigenvalue weighted by Crippen LogP contribution is -2.27. The van der Waals surface area contributed by atoms with Crippen LogP contribution in [0, 0.1) is 21.4 Å². The van der Waals surface area contributed by atoms with E-state index in [0.29, 0.717) is 11.4 Å². The second-order valence-electron chi connectivity index (χ2n) is 6.35. The Morgan fingerprint density at radius 1 is 1.14 bits per heavy atom. The summed E-state index contributed by atoms with van der Waals surface area (Å²) in [6.07, 6.45) is 3.25. The number of hydrogen-bond donors (Lipinski definition) is 1. The molecule has 1 N–H and O–H groups in total. The van der Waals surface area contributed by atoms with E-state index in [1.807, 2.05) is 43.3 Å². The molecular formula is C22H18N4O3. The van der Waals surface area contributed by atoms with Crippen LogP contribution < -0.4 is 5.32 Å². The van der Waals surface area contributed by atoms with Gasteiger partial charge in [0.05, 0.1) is 11.0 Å². The maximum absolute atomic E-state index is 12.6. The van der Waals surface area contributed by atoms with Gasteiger partial charge in [-0.25, -0.2) is 0 Å². The Bertz CT molecular complexity index is 1090. The van der Waals surface area contributed by atoms with Gasteiger partial charge in [0.2, 0.25) is 0 Å². The van der Waals surface area contributed by atoms with Gasteiger partial charge in [0.15, 0.2) is 0 Å². The highest BCUT2D eigenvalue weighted by molar-refractivity contribution is 6.01. The lowest BCUT2D eigenvalue weighted by atomic mass is 10.1. The molecular weight excluding hydrogens is 368 g/mol. The molecule has 0 aliphatic rings. The van der Waals surface area contributed by atoms with Crippen LogP contribution >= 0.6 is 0 Å². The molecule has 1 atom stereocenters. The number of aromatic nitrogens is 1. The number of rotatable bonds is 6. The Labute approximate surface area is 167 Å². The number of carbonyl (C=O) groups excluding carboxylic acids is 1. The molecule has 0 bridgehead atoms. The average molecular weight is 386 g/mol. The van der Waals surface area contributed by atoms with Gasteiger partial charge in [-0.1, -0.05) is 30.3 Å². The Balaban J connectivity index is 1.83. The van der Waals surface area contributed by atoms with Crippen LogP contribution in [0.4, 0.5) is 5.69 Å². The standard InChI is InChI=1S/C22H18N4O3/c1-16(17-6-3-2-4-7-17)24-22(27)18(15-23)14-21-8-5-13-25(21)19-9-11-20(12-10-19)26(28)29/h2-14,16H,1H3,(H,24,27)/b18-14+. The third kappa shape index (κ3) is 4.57. The Morgan fingerprint density at radius 2 is 1.83 bits per heavy atom. The van der Waals surface area contributed by atoms with E-state index in [9.17, 15) is 20.2 Å². The Kier molecular flexibility index (Phi) is 5.85. The van der Waals surface area contributed by atoms with Gasteiger partial charge in [-0.2, -0.15) is 5.26 Å². The molecule has 1 unspecified atom stereocenters. The molecule has 0 saturated carbocycles. The number of carbonyl (C=O) groups is 1. The second kappa shape index (κ2) is 8.67. The molecule has 7 heteroatoms. The van der Waals surface area contributed by atoms with Crippen molar-refractivity contribution in [1.82, 2.24) is 9.88 Å². The number of nitrogens with zero attached hydrogens (tertiary/aromatic N) is 3. The molecule has 1 amide bonds. The summed E-state index contributed by atoms with van der Waals surface area (Å²) in [5, 5.41) is 23.1. The van der Waals surface area contributed by atoms with Crippen molar-refractivity contribution in [2.75, 3.05) is 0 Å². The molecule has 1 aromatic heterocycles. The number of amides is 1. The van der Waals surface area contributed by atoms with Crippen LogP contribution in [0.2, 0.25) is 0 Å². The summed E-state index contributed by atoms with van der Waals surface area (Å²) in [6, 6.07) is 20.7. The third-order valence-electron chi connectivity index (χ3n) is 4.42. The van der Waals surface area contributed by atoms with Crippen molar-refractivity contribution < 1.29 is 9.72 Å². The van der Waals surface area contributed by atoms with E-state index in [1.165, 1.54) is 18.2 Å². The fourth-order valence-corrected chi connectivity index (χ4v) is 2.88. The van der Waals surface area contributed by atoms with E-state index in [0.717, 1.165) is 5.56 Å². The fourth-order valence-electron chi connectivity index (χ4n) is 2.88. The zero-order chi connectivity index (χ0) is 20.8. The highest BCUT2D eigenvalue weighted by atomic mass is 16.6. The first-order chi connectivity index (χ1) is 14.0. The monoisotopic (exact) mass is 386 g/mol. The van der Waals surface area contributed by atoms with Crippen LogP contribution in [0.3, 0.4) is 0 Å². The first-order valence-electron chi connectivity index (χ1n) is 8.89. The van der Waals surface area contributed by atoms with E-state index in [4.69, 9.17) is 0 Å². The van der Waals surface area contributed by atoms with Crippen molar-refractivity contribution in [3.8, 4) is 11.8 Å². The molecule has 3 rings (SSSR count). The minimum atomic E-state index is -0.472.